The van der Waals surface area contributed by atoms with Gasteiger partial charge in [-0.25, -0.2) is 4.79 Å². The van der Waals surface area contributed by atoms with Crippen molar-refractivity contribution in [1.82, 2.24) is 0 Å². The molecule has 0 aliphatic carbocycles. The number of hydrogen-bond donors (Lipinski definition) is 0. The Labute approximate surface area is 238 Å². The Bertz CT molecular complexity index is 1590. The van der Waals surface area contributed by atoms with Gasteiger partial charge in [0, 0.05) is 23.7 Å². The van der Waals surface area contributed by atoms with E-state index in [0.717, 1.165) is 16.5 Å². The zero-order valence-electron chi connectivity index (χ0n) is 23.6. The number of anilines is 1. The highest BCUT2D eigenvalue weighted by atomic mass is 16.6. The zero-order chi connectivity index (χ0) is 29.4. The molecule has 3 aromatic rings. The Balaban J connectivity index is 1.25. The lowest BCUT2D eigenvalue weighted by atomic mass is 9.77. The Morgan fingerprint density at radius 3 is 2.44 bits per heavy atom. The first-order valence-electron chi connectivity index (χ1n) is 13.4. The van der Waals surface area contributed by atoms with Crippen LogP contribution in [0, 0.1) is 0 Å². The van der Waals surface area contributed by atoms with Crippen LogP contribution in [0.5, 0.6) is 11.5 Å². The van der Waals surface area contributed by atoms with E-state index < -0.39 is 23.6 Å². The van der Waals surface area contributed by atoms with Gasteiger partial charge in [-0.15, -0.1) is 0 Å². The van der Waals surface area contributed by atoms with Gasteiger partial charge in [0.15, 0.2) is 0 Å². The number of fused-ring (bicyclic) bond motifs is 4. The lowest BCUT2D eigenvalue weighted by molar-refractivity contribution is -0.151. The first-order valence-corrected chi connectivity index (χ1v) is 13.4. The minimum absolute atomic E-state index is 0.0860. The smallest absolute Gasteiger partial charge is 0.333 e. The van der Waals surface area contributed by atoms with E-state index >= 15 is 0 Å². The second-order valence-electron chi connectivity index (χ2n) is 10.7. The molecule has 3 aromatic carbocycles. The molecule has 212 valence electrons. The van der Waals surface area contributed by atoms with Crippen LogP contribution in [0.25, 0.3) is 10.8 Å². The molecule has 2 aliphatic rings. The zero-order valence-corrected chi connectivity index (χ0v) is 23.6. The molecule has 1 unspecified atom stereocenters. The van der Waals surface area contributed by atoms with Gasteiger partial charge in [0.25, 0.3) is 0 Å². The third-order valence-corrected chi connectivity index (χ3v) is 7.59. The monoisotopic (exact) mass is 556 g/mol. The third-order valence-electron chi connectivity index (χ3n) is 7.59. The largest absolute Gasteiger partial charge is 0.462 e. The lowest BCUT2D eigenvalue weighted by Gasteiger charge is -2.45. The number of carbonyl (C=O) groups is 3. The van der Waals surface area contributed by atoms with Gasteiger partial charge < -0.3 is 23.8 Å². The summed E-state index contributed by atoms with van der Waals surface area (Å²) in [6.45, 7) is 9.11. The van der Waals surface area contributed by atoms with Gasteiger partial charge in [0.1, 0.15) is 30.4 Å². The van der Waals surface area contributed by atoms with Crippen molar-refractivity contribution < 1.29 is 33.3 Å². The number of carbonyl (C=O) groups excluding carboxylic acids is 3. The molecule has 0 saturated carbocycles. The molecule has 2 aliphatic heterocycles. The summed E-state index contributed by atoms with van der Waals surface area (Å²) in [7, 11) is 2.01. The van der Waals surface area contributed by atoms with E-state index in [2.05, 4.69) is 37.5 Å². The van der Waals surface area contributed by atoms with Crippen LogP contribution >= 0.6 is 0 Å². The predicted molar refractivity (Wildman–Crippen MR) is 155 cm³/mol. The van der Waals surface area contributed by atoms with Crippen LogP contribution in [0.4, 0.5) is 11.4 Å². The number of likely N-dealkylation sites (N-methyl/N-ethyl adjacent to an activating group) is 1. The standard InChI is InChI=1S/C32H32N2O7/c1-20(2)30(37)39-17-16-38-27(35)14-15-28(36)40-22-12-10-21-11-13-26-29(23(21)18-22)33-19-32(41-26)31(3,4)24-8-6-7-9-25(24)34(32)5/h6-13,18-19H,1,14-17H2,2-5H3. The van der Waals surface area contributed by atoms with Crippen LogP contribution in [0.3, 0.4) is 0 Å². The highest BCUT2D eigenvalue weighted by Gasteiger charge is 2.58. The molecule has 0 saturated heterocycles. The molecule has 0 bridgehead atoms. The highest BCUT2D eigenvalue weighted by molar-refractivity contribution is 6.00. The van der Waals surface area contributed by atoms with Crippen LogP contribution in [-0.2, 0) is 29.3 Å². The number of ether oxygens (including phenoxy) is 4. The number of para-hydroxylation sites is 1. The minimum Gasteiger partial charge on any atom is -0.462 e. The van der Waals surface area contributed by atoms with E-state index in [1.165, 1.54) is 12.5 Å². The van der Waals surface area contributed by atoms with Crippen molar-refractivity contribution >= 4 is 46.3 Å². The fraction of sp³-hybridized carbons (Fsp3) is 0.312. The third kappa shape index (κ3) is 5.03. The van der Waals surface area contributed by atoms with Crippen LogP contribution < -0.4 is 14.4 Å². The lowest BCUT2D eigenvalue weighted by Crippen LogP contribution is -2.61. The van der Waals surface area contributed by atoms with Gasteiger partial charge in [-0.2, -0.15) is 0 Å². The van der Waals surface area contributed by atoms with Crippen molar-refractivity contribution in [1.29, 1.82) is 0 Å². The molecule has 0 N–H and O–H groups in total. The van der Waals surface area contributed by atoms with E-state index in [1.807, 2.05) is 43.6 Å². The van der Waals surface area contributed by atoms with E-state index in [9.17, 15) is 14.4 Å². The van der Waals surface area contributed by atoms with Crippen LogP contribution in [0.1, 0.15) is 39.2 Å². The van der Waals surface area contributed by atoms with Crippen molar-refractivity contribution in [3.8, 4) is 11.5 Å². The number of benzene rings is 3. The van der Waals surface area contributed by atoms with Crippen LogP contribution in [-0.4, -0.2) is 50.1 Å². The molecular formula is C32H32N2O7. The minimum atomic E-state index is -0.803. The van der Waals surface area contributed by atoms with E-state index in [0.29, 0.717) is 17.2 Å². The first kappa shape index (κ1) is 27.9. The number of aliphatic imine (C=N–C) groups is 1. The summed E-state index contributed by atoms with van der Waals surface area (Å²) < 4.78 is 22.1. The van der Waals surface area contributed by atoms with Gasteiger partial charge in [0.05, 0.1) is 24.5 Å². The first-order chi connectivity index (χ1) is 19.5. The van der Waals surface area contributed by atoms with Gasteiger partial charge in [-0.05, 0) is 56.0 Å². The average Bonchev–Trinajstić information content (AvgIpc) is 3.11. The summed E-state index contributed by atoms with van der Waals surface area (Å²) in [5.74, 6) is -0.766. The van der Waals surface area contributed by atoms with Crippen molar-refractivity contribution in [3.05, 3.63) is 72.3 Å². The molecule has 0 fully saturated rings. The van der Waals surface area contributed by atoms with E-state index in [4.69, 9.17) is 23.9 Å². The molecule has 41 heavy (non-hydrogen) atoms. The summed E-state index contributed by atoms with van der Waals surface area (Å²) in [5, 5.41) is 1.69. The van der Waals surface area contributed by atoms with Crippen molar-refractivity contribution in [2.75, 3.05) is 25.2 Å². The van der Waals surface area contributed by atoms with Gasteiger partial charge in [-0.3, -0.25) is 14.6 Å². The number of rotatable bonds is 8. The quantitative estimate of drug-likeness (QED) is 0.157. The van der Waals surface area contributed by atoms with Gasteiger partial charge >= 0.3 is 17.9 Å². The molecule has 9 nitrogen and oxygen atoms in total. The summed E-state index contributed by atoms with van der Waals surface area (Å²) in [6.07, 6.45) is 1.53. The molecular weight excluding hydrogens is 524 g/mol. The Kier molecular flexibility index (Phi) is 7.29. The van der Waals surface area contributed by atoms with Crippen molar-refractivity contribution in [2.24, 2.45) is 4.99 Å². The molecule has 1 spiro atoms. The second-order valence-corrected chi connectivity index (χ2v) is 10.7. The van der Waals surface area contributed by atoms with Gasteiger partial charge in [0.2, 0.25) is 5.72 Å². The Hall–Kier alpha value is -4.66. The molecule has 0 amide bonds. The predicted octanol–water partition coefficient (Wildman–Crippen LogP) is 5.41. The van der Waals surface area contributed by atoms with Crippen LogP contribution in [0.2, 0.25) is 0 Å². The summed E-state index contributed by atoms with van der Waals surface area (Å²) in [6, 6.07) is 17.4. The number of nitrogens with zero attached hydrogens (tertiary/aromatic N) is 2. The average molecular weight is 557 g/mol. The summed E-state index contributed by atoms with van der Waals surface area (Å²) in [4.78, 5) is 42.7. The SMILES string of the molecule is C=C(C)C(=O)OCCOC(=O)CCC(=O)Oc1ccc2ccc3c(c2c1)N=CC1(O3)N(C)c2ccccc2C1(C)C. The summed E-state index contributed by atoms with van der Waals surface area (Å²) in [5.41, 5.74) is 2.01. The molecule has 1 atom stereocenters. The fourth-order valence-electron chi connectivity index (χ4n) is 5.29. The summed E-state index contributed by atoms with van der Waals surface area (Å²) >= 11 is 0. The van der Waals surface area contributed by atoms with E-state index in [1.54, 1.807) is 12.1 Å². The molecule has 2 heterocycles. The van der Waals surface area contributed by atoms with E-state index in [-0.39, 0.29) is 37.0 Å². The maximum Gasteiger partial charge on any atom is 0.333 e. The maximum absolute atomic E-state index is 12.5. The molecule has 0 radical (unpaired) electrons. The Morgan fingerprint density at radius 2 is 1.68 bits per heavy atom. The number of esters is 3. The van der Waals surface area contributed by atoms with Crippen LogP contribution in [0.15, 0.2) is 71.7 Å². The van der Waals surface area contributed by atoms with Crippen molar-refractivity contribution in [3.63, 3.8) is 0 Å². The highest BCUT2D eigenvalue weighted by Crippen LogP contribution is 2.54. The van der Waals surface area contributed by atoms with Gasteiger partial charge in [-0.1, -0.05) is 36.9 Å². The fourth-order valence-corrected chi connectivity index (χ4v) is 5.29. The molecule has 9 heteroatoms. The topological polar surface area (TPSA) is 104 Å². The second kappa shape index (κ2) is 10.7. The molecule has 0 aromatic heterocycles. The molecule has 5 rings (SSSR count). The Morgan fingerprint density at radius 1 is 0.976 bits per heavy atom. The maximum atomic E-state index is 12.5. The normalized spacial score (nSPS) is 17.9. The number of hydrogen-bond acceptors (Lipinski definition) is 9. The van der Waals surface area contributed by atoms with Crippen molar-refractivity contribution in [2.45, 2.75) is 44.8 Å².